The molecule has 0 N–H and O–H groups in total. The van der Waals surface area contributed by atoms with E-state index < -0.39 is 5.92 Å². The van der Waals surface area contributed by atoms with Crippen molar-refractivity contribution in [1.29, 1.82) is 0 Å². The van der Waals surface area contributed by atoms with Crippen molar-refractivity contribution in [3.05, 3.63) is 76.6 Å². The summed E-state index contributed by atoms with van der Waals surface area (Å²) in [6.45, 7) is 2.10. The molecule has 0 amide bonds. The lowest BCUT2D eigenvalue weighted by Crippen LogP contribution is -2.23. The number of halogens is 3. The van der Waals surface area contributed by atoms with Crippen LogP contribution in [0.5, 0.6) is 0 Å². The molecule has 0 aliphatic heterocycles. The van der Waals surface area contributed by atoms with Crippen molar-refractivity contribution in [1.82, 2.24) is 0 Å². The number of benzene rings is 2. The van der Waals surface area contributed by atoms with Gasteiger partial charge in [0.1, 0.15) is 5.82 Å². The summed E-state index contributed by atoms with van der Waals surface area (Å²) in [5.74, 6) is 3.23. The molecule has 3 rings (SSSR count). The first kappa shape index (κ1) is 20.3. The minimum atomic E-state index is -2.51. The van der Waals surface area contributed by atoms with Gasteiger partial charge in [0.05, 0.1) is 5.56 Å². The lowest BCUT2D eigenvalue weighted by molar-refractivity contribution is -0.0382. The van der Waals surface area contributed by atoms with Crippen molar-refractivity contribution in [3.8, 4) is 11.8 Å². The van der Waals surface area contributed by atoms with Crippen LogP contribution in [0.2, 0.25) is 0 Å². The zero-order valence-electron chi connectivity index (χ0n) is 16.2. The average Bonchev–Trinajstić information content (AvgIpc) is 2.68. The quantitative estimate of drug-likeness (QED) is 0.486. The first-order chi connectivity index (χ1) is 13.5. The van der Waals surface area contributed by atoms with Crippen LogP contribution in [-0.2, 0) is 0 Å². The third kappa shape index (κ3) is 5.52. The van der Waals surface area contributed by atoms with Gasteiger partial charge in [0.15, 0.2) is 0 Å². The molecular formula is C25H25F3. The molecule has 1 fully saturated rings. The molecule has 146 valence electrons. The molecule has 0 unspecified atom stereocenters. The molecule has 1 saturated carbocycles. The van der Waals surface area contributed by atoms with E-state index in [4.69, 9.17) is 0 Å². The normalized spacial score (nSPS) is 16.7. The molecule has 28 heavy (non-hydrogen) atoms. The summed E-state index contributed by atoms with van der Waals surface area (Å²) >= 11 is 0. The first-order valence-electron chi connectivity index (χ1n) is 9.93. The summed E-state index contributed by atoms with van der Waals surface area (Å²) in [6.07, 6.45) is 6.95. The van der Waals surface area contributed by atoms with Gasteiger partial charge in [-0.3, -0.25) is 0 Å². The minimum Gasteiger partial charge on any atom is -0.207 e. The number of allylic oxidation sites excluding steroid dienone is 1. The lowest BCUT2D eigenvalue weighted by Gasteiger charge is -2.28. The van der Waals surface area contributed by atoms with Gasteiger partial charge in [0, 0.05) is 18.4 Å². The summed E-state index contributed by atoms with van der Waals surface area (Å²) < 4.78 is 40.8. The zero-order valence-corrected chi connectivity index (χ0v) is 16.2. The van der Waals surface area contributed by atoms with E-state index in [9.17, 15) is 13.2 Å². The molecule has 2 aromatic rings. The monoisotopic (exact) mass is 382 g/mol. The molecule has 0 spiro atoms. The molecule has 0 heterocycles. The number of alkyl halides is 2. The predicted octanol–water partition coefficient (Wildman–Crippen LogP) is 7.33. The van der Waals surface area contributed by atoms with E-state index in [1.165, 1.54) is 6.07 Å². The van der Waals surface area contributed by atoms with Gasteiger partial charge in [0.2, 0.25) is 5.92 Å². The molecular weight excluding hydrogens is 357 g/mol. The van der Waals surface area contributed by atoms with Crippen LogP contribution in [0, 0.1) is 17.7 Å². The maximum atomic E-state index is 14.2. The zero-order chi connectivity index (χ0) is 20.0. The summed E-state index contributed by atoms with van der Waals surface area (Å²) in [7, 11) is 0. The number of rotatable bonds is 4. The van der Waals surface area contributed by atoms with Gasteiger partial charge >= 0.3 is 0 Å². The molecule has 2 aromatic carbocycles. The highest BCUT2D eigenvalue weighted by Gasteiger charge is 2.35. The predicted molar refractivity (Wildman–Crippen MR) is 109 cm³/mol. The number of hydrogen-bond acceptors (Lipinski definition) is 0. The molecule has 0 nitrogen and oxygen atoms in total. The second kappa shape index (κ2) is 9.15. The number of unbranched alkanes of at least 4 members (excludes halogenated alkanes) is 1. The van der Waals surface area contributed by atoms with Crippen LogP contribution in [0.15, 0.2) is 48.5 Å². The molecule has 0 saturated heterocycles. The SMILES string of the molecule is CCC/C=C/c1ccc(C#Cc2ccc(C3CCC(F)(F)CC3)cc2)c(F)c1. The van der Waals surface area contributed by atoms with E-state index in [1.807, 2.05) is 42.5 Å². The molecule has 1 aliphatic rings. The third-order valence-electron chi connectivity index (χ3n) is 5.20. The highest BCUT2D eigenvalue weighted by molar-refractivity contribution is 5.53. The van der Waals surface area contributed by atoms with E-state index >= 15 is 0 Å². The fourth-order valence-electron chi connectivity index (χ4n) is 3.47. The van der Waals surface area contributed by atoms with E-state index in [-0.39, 0.29) is 24.6 Å². The van der Waals surface area contributed by atoms with E-state index in [0.29, 0.717) is 18.4 Å². The Kier molecular flexibility index (Phi) is 6.62. The maximum absolute atomic E-state index is 14.2. The standard InChI is InChI=1S/C25H25F3/c1-2-3-4-5-20-9-13-23(24(26)18-20)12-8-19-6-10-21(11-7-19)22-14-16-25(27,28)17-15-22/h4-7,9-11,13,18,22H,2-3,14-17H2,1H3/b5-4+. The molecule has 0 bridgehead atoms. The van der Waals surface area contributed by atoms with Crippen LogP contribution in [-0.4, -0.2) is 5.92 Å². The van der Waals surface area contributed by atoms with Crippen molar-refractivity contribution in [2.45, 2.75) is 57.3 Å². The van der Waals surface area contributed by atoms with E-state index in [2.05, 4.69) is 18.8 Å². The van der Waals surface area contributed by atoms with Gasteiger partial charge in [-0.1, -0.05) is 55.5 Å². The van der Waals surface area contributed by atoms with Crippen LogP contribution in [0.4, 0.5) is 13.2 Å². The Morgan fingerprint density at radius 1 is 1.04 bits per heavy atom. The van der Waals surface area contributed by atoms with Crippen molar-refractivity contribution < 1.29 is 13.2 Å². The van der Waals surface area contributed by atoms with E-state index in [0.717, 1.165) is 29.5 Å². The second-order valence-electron chi connectivity index (χ2n) is 7.43. The minimum absolute atomic E-state index is 0.0396. The van der Waals surface area contributed by atoms with Crippen LogP contribution in [0.3, 0.4) is 0 Å². The Morgan fingerprint density at radius 3 is 2.39 bits per heavy atom. The van der Waals surface area contributed by atoms with Crippen LogP contribution in [0.1, 0.15) is 73.6 Å². The Morgan fingerprint density at radius 2 is 1.75 bits per heavy atom. The summed E-state index contributed by atoms with van der Waals surface area (Å²) in [4.78, 5) is 0. The van der Waals surface area contributed by atoms with Crippen LogP contribution >= 0.6 is 0 Å². The molecule has 0 aromatic heterocycles. The third-order valence-corrected chi connectivity index (χ3v) is 5.20. The average molecular weight is 382 g/mol. The van der Waals surface area contributed by atoms with E-state index in [1.54, 1.807) is 6.07 Å². The largest absolute Gasteiger partial charge is 0.248 e. The highest BCUT2D eigenvalue weighted by Crippen LogP contribution is 2.40. The Hall–Kier alpha value is -2.47. The van der Waals surface area contributed by atoms with Crippen molar-refractivity contribution >= 4 is 6.08 Å². The van der Waals surface area contributed by atoms with Crippen molar-refractivity contribution in [2.24, 2.45) is 0 Å². The molecule has 0 radical (unpaired) electrons. The van der Waals surface area contributed by atoms with Crippen LogP contribution in [0.25, 0.3) is 6.08 Å². The summed E-state index contributed by atoms with van der Waals surface area (Å²) in [5.41, 5.74) is 3.07. The van der Waals surface area contributed by atoms with Gasteiger partial charge in [-0.15, -0.1) is 0 Å². The Bertz CT molecular complexity index is 872. The first-order valence-corrected chi connectivity index (χ1v) is 9.93. The summed E-state index contributed by atoms with van der Waals surface area (Å²) in [6, 6.07) is 12.7. The smallest absolute Gasteiger partial charge is 0.207 e. The van der Waals surface area contributed by atoms with Crippen LogP contribution < -0.4 is 0 Å². The summed E-state index contributed by atoms with van der Waals surface area (Å²) in [5, 5.41) is 0. The van der Waals surface area contributed by atoms with Gasteiger partial charge in [-0.05, 0) is 60.6 Å². The van der Waals surface area contributed by atoms with Gasteiger partial charge in [-0.2, -0.15) is 0 Å². The second-order valence-corrected chi connectivity index (χ2v) is 7.43. The van der Waals surface area contributed by atoms with Crippen molar-refractivity contribution in [3.63, 3.8) is 0 Å². The number of hydrogen-bond donors (Lipinski definition) is 0. The highest BCUT2D eigenvalue weighted by atomic mass is 19.3. The fraction of sp³-hybridized carbons (Fsp3) is 0.360. The molecule has 1 aliphatic carbocycles. The molecule has 3 heteroatoms. The van der Waals surface area contributed by atoms with Gasteiger partial charge < -0.3 is 0 Å². The van der Waals surface area contributed by atoms with Crippen molar-refractivity contribution in [2.75, 3.05) is 0 Å². The van der Waals surface area contributed by atoms with Gasteiger partial charge in [0.25, 0.3) is 0 Å². The lowest BCUT2D eigenvalue weighted by atomic mass is 9.82. The van der Waals surface area contributed by atoms with Gasteiger partial charge in [-0.25, -0.2) is 13.2 Å². The molecule has 0 atom stereocenters. The maximum Gasteiger partial charge on any atom is 0.248 e. The topological polar surface area (TPSA) is 0 Å². The fourth-order valence-corrected chi connectivity index (χ4v) is 3.47. The Balaban J connectivity index is 1.66. The Labute approximate surface area is 165 Å².